The van der Waals surface area contributed by atoms with E-state index in [2.05, 4.69) is 10.3 Å². The van der Waals surface area contributed by atoms with Crippen molar-refractivity contribution in [2.45, 2.75) is 18.2 Å². The maximum atomic E-state index is 13.7. The predicted molar refractivity (Wildman–Crippen MR) is 149 cm³/mol. The number of aryl methyl sites for hydroxylation is 1. The van der Waals surface area contributed by atoms with Gasteiger partial charge in [-0.05, 0) is 43.2 Å². The van der Waals surface area contributed by atoms with Crippen LogP contribution >= 0.6 is 11.3 Å². The number of rotatable bonds is 11. The van der Waals surface area contributed by atoms with E-state index in [1.807, 2.05) is 60.8 Å². The van der Waals surface area contributed by atoms with E-state index < -0.39 is 15.9 Å². The van der Waals surface area contributed by atoms with E-state index in [1.54, 1.807) is 17.4 Å². The van der Waals surface area contributed by atoms with Crippen molar-refractivity contribution in [3.8, 4) is 22.8 Å². The van der Waals surface area contributed by atoms with Gasteiger partial charge in [-0.25, -0.2) is 13.4 Å². The van der Waals surface area contributed by atoms with Crippen molar-refractivity contribution in [3.05, 3.63) is 88.7 Å². The summed E-state index contributed by atoms with van der Waals surface area (Å²) in [5, 5.41) is 5.74. The van der Waals surface area contributed by atoms with E-state index in [9.17, 15) is 13.2 Å². The monoisotopic (exact) mass is 551 g/mol. The lowest BCUT2D eigenvalue weighted by atomic mass is 10.1. The van der Waals surface area contributed by atoms with E-state index >= 15 is 0 Å². The number of carbonyl (C=O) groups excluding carboxylic acids is 1. The largest absolute Gasteiger partial charge is 0.493 e. The Morgan fingerprint density at radius 2 is 1.74 bits per heavy atom. The van der Waals surface area contributed by atoms with Crippen LogP contribution in [-0.2, 0) is 21.2 Å². The SMILES string of the molecule is COc1ccc(S(=O)(=O)N(CCc2ccccc2)CC(=O)Nc2cccc(-c3csc(C)n3)c2)cc1OC. The number of methoxy groups -OCH3 is 2. The number of nitrogens with zero attached hydrogens (tertiary/aromatic N) is 2. The molecule has 38 heavy (non-hydrogen) atoms. The Balaban J connectivity index is 1.57. The van der Waals surface area contributed by atoms with Gasteiger partial charge in [0.1, 0.15) is 0 Å². The van der Waals surface area contributed by atoms with E-state index in [0.29, 0.717) is 17.9 Å². The number of carbonyl (C=O) groups is 1. The molecule has 0 aliphatic carbocycles. The summed E-state index contributed by atoms with van der Waals surface area (Å²) in [7, 11) is -1.12. The first-order chi connectivity index (χ1) is 18.3. The Morgan fingerprint density at radius 3 is 2.42 bits per heavy atom. The van der Waals surface area contributed by atoms with Crippen molar-refractivity contribution in [1.29, 1.82) is 0 Å². The topological polar surface area (TPSA) is 97.8 Å². The number of hydrogen-bond donors (Lipinski definition) is 1. The average molecular weight is 552 g/mol. The Morgan fingerprint density at radius 1 is 0.974 bits per heavy atom. The van der Waals surface area contributed by atoms with Crippen molar-refractivity contribution in [2.75, 3.05) is 32.6 Å². The van der Waals surface area contributed by atoms with Gasteiger partial charge in [-0.2, -0.15) is 4.31 Å². The van der Waals surface area contributed by atoms with Gasteiger partial charge in [-0.15, -0.1) is 11.3 Å². The first-order valence-corrected chi connectivity index (χ1v) is 14.2. The fourth-order valence-electron chi connectivity index (χ4n) is 3.92. The summed E-state index contributed by atoms with van der Waals surface area (Å²) in [6.07, 6.45) is 0.444. The quantitative estimate of drug-likeness (QED) is 0.282. The third-order valence-corrected chi connectivity index (χ3v) is 8.48. The second-order valence-corrected chi connectivity index (χ2v) is 11.5. The van der Waals surface area contributed by atoms with Gasteiger partial charge in [0.2, 0.25) is 15.9 Å². The number of thiazole rings is 1. The first-order valence-electron chi connectivity index (χ1n) is 11.9. The zero-order chi connectivity index (χ0) is 27.1. The van der Waals surface area contributed by atoms with Crippen LogP contribution in [0, 0.1) is 6.92 Å². The van der Waals surface area contributed by atoms with Gasteiger partial charge in [0, 0.05) is 29.2 Å². The molecule has 0 atom stereocenters. The normalized spacial score (nSPS) is 11.4. The Kier molecular flexibility index (Phi) is 8.77. The van der Waals surface area contributed by atoms with Crippen molar-refractivity contribution < 1.29 is 22.7 Å². The summed E-state index contributed by atoms with van der Waals surface area (Å²) >= 11 is 1.55. The smallest absolute Gasteiger partial charge is 0.243 e. The molecule has 1 N–H and O–H groups in total. The fraction of sp³-hybridized carbons (Fsp3) is 0.214. The van der Waals surface area contributed by atoms with Crippen LogP contribution in [0.15, 0.2) is 83.1 Å². The van der Waals surface area contributed by atoms with Crippen molar-refractivity contribution in [1.82, 2.24) is 9.29 Å². The van der Waals surface area contributed by atoms with Gasteiger partial charge >= 0.3 is 0 Å². The van der Waals surface area contributed by atoms with Crippen LogP contribution in [-0.4, -0.2) is 50.9 Å². The van der Waals surface area contributed by atoms with E-state index in [1.165, 1.54) is 36.7 Å². The van der Waals surface area contributed by atoms with Crippen LogP contribution in [0.2, 0.25) is 0 Å². The zero-order valence-corrected chi connectivity index (χ0v) is 23.0. The fourth-order valence-corrected chi connectivity index (χ4v) is 5.96. The molecule has 3 aromatic carbocycles. The number of aromatic nitrogens is 1. The molecule has 0 aliphatic rings. The molecule has 0 saturated heterocycles. The molecule has 0 bridgehead atoms. The minimum absolute atomic E-state index is 0.0110. The highest BCUT2D eigenvalue weighted by Gasteiger charge is 2.28. The van der Waals surface area contributed by atoms with Crippen LogP contribution in [0.1, 0.15) is 10.6 Å². The number of benzene rings is 3. The van der Waals surface area contributed by atoms with Gasteiger partial charge in [0.15, 0.2) is 11.5 Å². The van der Waals surface area contributed by atoms with Crippen LogP contribution in [0.25, 0.3) is 11.3 Å². The second kappa shape index (κ2) is 12.2. The number of sulfonamides is 1. The molecule has 0 radical (unpaired) electrons. The molecule has 1 amide bonds. The minimum Gasteiger partial charge on any atom is -0.493 e. The van der Waals surface area contributed by atoms with E-state index in [-0.39, 0.29) is 23.7 Å². The molecule has 0 fully saturated rings. The number of ether oxygens (including phenoxy) is 2. The van der Waals surface area contributed by atoms with E-state index in [4.69, 9.17) is 9.47 Å². The molecule has 198 valence electrons. The first kappa shape index (κ1) is 27.3. The standard InChI is InChI=1S/C28H29N3O5S2/c1-20-29-25(19-37-20)22-10-7-11-23(16-22)30-28(32)18-31(15-14-21-8-5-4-6-9-21)38(33,34)24-12-13-26(35-2)27(17-24)36-3/h4-13,16-17,19H,14-15,18H2,1-3H3,(H,30,32). The van der Waals surface area contributed by atoms with Gasteiger partial charge in [-0.3, -0.25) is 4.79 Å². The van der Waals surface area contributed by atoms with Crippen LogP contribution in [0.3, 0.4) is 0 Å². The number of hydrogen-bond acceptors (Lipinski definition) is 7. The zero-order valence-electron chi connectivity index (χ0n) is 21.4. The van der Waals surface area contributed by atoms with Crippen LogP contribution in [0.4, 0.5) is 5.69 Å². The maximum Gasteiger partial charge on any atom is 0.243 e. The second-order valence-electron chi connectivity index (χ2n) is 8.47. The summed E-state index contributed by atoms with van der Waals surface area (Å²) in [5.41, 5.74) is 3.21. The Labute approximate surface area is 226 Å². The van der Waals surface area contributed by atoms with E-state index in [0.717, 1.165) is 21.8 Å². The molecule has 0 aliphatic heterocycles. The highest BCUT2D eigenvalue weighted by molar-refractivity contribution is 7.89. The van der Waals surface area contributed by atoms with Gasteiger partial charge in [0.25, 0.3) is 0 Å². The summed E-state index contributed by atoms with van der Waals surface area (Å²) in [5.74, 6) is 0.249. The summed E-state index contributed by atoms with van der Waals surface area (Å²) < 4.78 is 39.1. The van der Waals surface area contributed by atoms with Gasteiger partial charge in [-0.1, -0.05) is 42.5 Å². The number of amides is 1. The third kappa shape index (κ3) is 6.58. The molecule has 0 unspecified atom stereocenters. The highest BCUT2D eigenvalue weighted by Crippen LogP contribution is 2.31. The molecule has 4 rings (SSSR count). The number of anilines is 1. The summed E-state index contributed by atoms with van der Waals surface area (Å²) in [4.78, 5) is 17.6. The average Bonchev–Trinajstić information content (AvgIpc) is 3.37. The minimum atomic E-state index is -4.04. The maximum absolute atomic E-state index is 13.7. The summed E-state index contributed by atoms with van der Waals surface area (Å²) in [6.45, 7) is 1.69. The molecule has 4 aromatic rings. The highest BCUT2D eigenvalue weighted by atomic mass is 32.2. The molecule has 0 saturated carbocycles. The summed E-state index contributed by atoms with van der Waals surface area (Å²) in [6, 6.07) is 21.2. The van der Waals surface area contributed by atoms with Crippen molar-refractivity contribution in [3.63, 3.8) is 0 Å². The van der Waals surface area contributed by atoms with Crippen LogP contribution in [0.5, 0.6) is 11.5 Å². The Hall–Kier alpha value is -3.73. The van der Waals surface area contributed by atoms with Crippen molar-refractivity contribution >= 4 is 33.0 Å². The predicted octanol–water partition coefficient (Wildman–Crippen LogP) is 5.01. The molecule has 8 nitrogen and oxygen atoms in total. The van der Waals surface area contributed by atoms with Gasteiger partial charge < -0.3 is 14.8 Å². The lowest BCUT2D eigenvalue weighted by molar-refractivity contribution is -0.116. The number of nitrogens with one attached hydrogen (secondary N) is 1. The molecule has 10 heteroatoms. The lowest BCUT2D eigenvalue weighted by Gasteiger charge is -2.22. The Bertz CT molecular complexity index is 1500. The molecular formula is C28H29N3O5S2. The van der Waals surface area contributed by atoms with Gasteiger partial charge in [0.05, 0.1) is 36.4 Å². The molecule has 1 heterocycles. The molecular weight excluding hydrogens is 522 g/mol. The molecule has 1 aromatic heterocycles. The third-order valence-electron chi connectivity index (χ3n) is 5.87. The molecule has 0 spiro atoms. The lowest BCUT2D eigenvalue weighted by Crippen LogP contribution is -2.39. The van der Waals surface area contributed by atoms with Crippen molar-refractivity contribution in [2.24, 2.45) is 0 Å². The van der Waals surface area contributed by atoms with Crippen LogP contribution < -0.4 is 14.8 Å².